The molecule has 2 aromatic heterocycles. The van der Waals surface area contributed by atoms with Crippen molar-refractivity contribution in [3.8, 4) is 5.88 Å². The molecule has 0 spiro atoms. The average Bonchev–Trinajstić information content (AvgIpc) is 3.18. The molecule has 5 nitrogen and oxygen atoms in total. The number of benzene rings is 2. The summed E-state index contributed by atoms with van der Waals surface area (Å²) in [5.74, 6) is -0.979. The van der Waals surface area contributed by atoms with Gasteiger partial charge in [-0.15, -0.1) is 5.10 Å². The van der Waals surface area contributed by atoms with E-state index in [1.54, 1.807) is 6.92 Å². The van der Waals surface area contributed by atoms with Crippen LogP contribution in [0.2, 0.25) is 0 Å². The molecule has 0 amide bonds. The summed E-state index contributed by atoms with van der Waals surface area (Å²) in [5.41, 5.74) is 2.86. The van der Waals surface area contributed by atoms with Crippen molar-refractivity contribution in [3.05, 3.63) is 108 Å². The second kappa shape index (κ2) is 8.87. The van der Waals surface area contributed by atoms with Gasteiger partial charge in [-0.2, -0.15) is 4.39 Å². The van der Waals surface area contributed by atoms with Crippen LogP contribution in [-0.2, 0) is 0 Å². The van der Waals surface area contributed by atoms with Gasteiger partial charge in [0.25, 0.3) is 5.95 Å². The lowest BCUT2D eigenvalue weighted by Crippen LogP contribution is -2.10. The number of hydrogen-bond acceptors (Lipinski definition) is 4. The maximum absolute atomic E-state index is 14.8. The van der Waals surface area contributed by atoms with Crippen molar-refractivity contribution in [2.75, 3.05) is 7.11 Å². The van der Waals surface area contributed by atoms with E-state index >= 15 is 0 Å². The molecule has 1 atom stereocenters. The monoisotopic (exact) mass is 418 g/mol. The lowest BCUT2D eigenvalue weighted by molar-refractivity contribution is 0.379. The van der Waals surface area contributed by atoms with Crippen LogP contribution in [0.25, 0.3) is 0 Å². The summed E-state index contributed by atoms with van der Waals surface area (Å²) in [7, 11) is 1.45. The Kier molecular flexibility index (Phi) is 5.84. The number of halogens is 2. The van der Waals surface area contributed by atoms with Gasteiger partial charge >= 0.3 is 0 Å². The zero-order valence-corrected chi connectivity index (χ0v) is 17.0. The number of methoxy groups -OCH3 is 1. The molecule has 2 aromatic carbocycles. The van der Waals surface area contributed by atoms with Gasteiger partial charge in [-0.25, -0.2) is 14.4 Å². The van der Waals surface area contributed by atoms with E-state index in [0.717, 1.165) is 17.3 Å². The molecule has 0 aliphatic carbocycles. The fourth-order valence-electron chi connectivity index (χ4n) is 3.30. The van der Waals surface area contributed by atoms with Gasteiger partial charge in [0.2, 0.25) is 5.88 Å². The Labute approximate surface area is 178 Å². The van der Waals surface area contributed by atoms with Crippen LogP contribution in [0, 0.1) is 11.8 Å². The van der Waals surface area contributed by atoms with Crippen LogP contribution in [0.3, 0.4) is 0 Å². The third-order valence-electron chi connectivity index (χ3n) is 4.88. The van der Waals surface area contributed by atoms with E-state index in [4.69, 9.17) is 4.74 Å². The highest BCUT2D eigenvalue weighted by Crippen LogP contribution is 2.29. The molecule has 0 unspecified atom stereocenters. The Morgan fingerprint density at radius 3 is 2.19 bits per heavy atom. The molecule has 4 aromatic rings. The zero-order valence-electron chi connectivity index (χ0n) is 17.0. The minimum Gasteiger partial charge on any atom is -0.481 e. The van der Waals surface area contributed by atoms with Crippen molar-refractivity contribution >= 4 is 11.4 Å². The van der Waals surface area contributed by atoms with Gasteiger partial charge in [-0.3, -0.25) is 4.68 Å². The fourth-order valence-corrected chi connectivity index (χ4v) is 3.30. The van der Waals surface area contributed by atoms with Crippen molar-refractivity contribution in [1.82, 2.24) is 14.8 Å². The molecule has 0 saturated carbocycles. The lowest BCUT2D eigenvalue weighted by atomic mass is 10.0. The second-order valence-electron chi connectivity index (χ2n) is 6.91. The van der Waals surface area contributed by atoms with Crippen molar-refractivity contribution < 1.29 is 13.5 Å². The topological polar surface area (TPSA) is 52.3 Å². The first-order chi connectivity index (χ1) is 15.1. The molecule has 0 aliphatic heterocycles. The van der Waals surface area contributed by atoms with E-state index in [9.17, 15) is 8.78 Å². The molecule has 0 N–H and O–H groups in total. The molecule has 2 heterocycles. The minimum absolute atomic E-state index is 0.0814. The smallest absolute Gasteiger partial charge is 0.258 e. The Morgan fingerprint density at radius 2 is 1.61 bits per heavy atom. The number of rotatable bonds is 6. The van der Waals surface area contributed by atoms with Crippen LogP contribution in [0.5, 0.6) is 5.88 Å². The number of aliphatic imine (C=N–C) groups is 1. The van der Waals surface area contributed by atoms with E-state index in [0.29, 0.717) is 11.3 Å². The van der Waals surface area contributed by atoms with E-state index in [2.05, 4.69) is 15.1 Å². The highest BCUT2D eigenvalue weighted by molar-refractivity contribution is 6.13. The Bertz CT molecular complexity index is 1170. The number of aromatic nitrogens is 3. The maximum Gasteiger partial charge on any atom is 0.258 e. The first kappa shape index (κ1) is 20.4. The summed E-state index contributed by atoms with van der Waals surface area (Å²) < 4.78 is 35.1. The van der Waals surface area contributed by atoms with E-state index < -0.39 is 17.8 Å². The summed E-state index contributed by atoms with van der Waals surface area (Å²) in [5, 5.41) is 3.97. The van der Waals surface area contributed by atoms with Gasteiger partial charge < -0.3 is 4.74 Å². The van der Waals surface area contributed by atoms with E-state index in [1.807, 2.05) is 60.7 Å². The molecule has 0 radical (unpaired) electrons. The van der Waals surface area contributed by atoms with Crippen LogP contribution >= 0.6 is 0 Å². The summed E-state index contributed by atoms with van der Waals surface area (Å²) in [6, 6.07) is 19.9. The highest BCUT2D eigenvalue weighted by atomic mass is 19.1. The largest absolute Gasteiger partial charge is 0.481 e. The molecule has 0 aliphatic rings. The van der Waals surface area contributed by atoms with Crippen molar-refractivity contribution in [1.29, 1.82) is 0 Å². The van der Waals surface area contributed by atoms with Crippen LogP contribution in [-0.4, -0.2) is 27.6 Å². The predicted molar refractivity (Wildman–Crippen MR) is 115 cm³/mol. The summed E-state index contributed by atoms with van der Waals surface area (Å²) in [6.07, 6.45) is 2.57. The van der Waals surface area contributed by atoms with Gasteiger partial charge in [0.15, 0.2) is 0 Å². The Morgan fingerprint density at radius 1 is 1.00 bits per heavy atom. The molecular formula is C24H20F2N4O. The predicted octanol–water partition coefficient (Wildman–Crippen LogP) is 5.34. The average molecular weight is 418 g/mol. The minimum atomic E-state index is -0.723. The second-order valence-corrected chi connectivity index (χ2v) is 6.91. The molecule has 31 heavy (non-hydrogen) atoms. The molecule has 0 fully saturated rings. The molecule has 0 saturated heterocycles. The first-order valence-electron chi connectivity index (χ1n) is 9.70. The van der Waals surface area contributed by atoms with Gasteiger partial charge in [0, 0.05) is 16.7 Å². The third-order valence-corrected chi connectivity index (χ3v) is 4.88. The number of pyridine rings is 1. The van der Waals surface area contributed by atoms with E-state index in [1.165, 1.54) is 24.1 Å². The van der Waals surface area contributed by atoms with Gasteiger partial charge in [-0.1, -0.05) is 60.7 Å². The molecule has 156 valence electrons. The molecule has 0 bridgehead atoms. The summed E-state index contributed by atoms with van der Waals surface area (Å²) in [6.45, 7) is 1.76. The van der Waals surface area contributed by atoms with Crippen LogP contribution in [0.1, 0.15) is 29.7 Å². The molecule has 4 rings (SSSR count). The number of hydrogen-bond donors (Lipinski definition) is 0. The Balaban J connectivity index is 1.77. The Hall–Kier alpha value is -3.87. The van der Waals surface area contributed by atoms with Gasteiger partial charge in [-0.05, 0) is 13.0 Å². The summed E-state index contributed by atoms with van der Waals surface area (Å²) in [4.78, 5) is 8.53. The first-order valence-corrected chi connectivity index (χ1v) is 9.70. The fraction of sp³-hybridized carbons (Fsp3) is 0.125. The van der Waals surface area contributed by atoms with Gasteiger partial charge in [0.05, 0.1) is 31.3 Å². The van der Waals surface area contributed by atoms with Crippen molar-refractivity contribution in [3.63, 3.8) is 0 Å². The van der Waals surface area contributed by atoms with Gasteiger partial charge in [0.1, 0.15) is 11.5 Å². The maximum atomic E-state index is 14.8. The summed E-state index contributed by atoms with van der Waals surface area (Å²) >= 11 is 0. The molecule has 7 heteroatoms. The number of ether oxygens (including phenoxy) is 1. The standard InChI is InChI=1S/C24H20F2N4O/c1-16(20-13-19(25)14-27-24(20)31-2)30-15-21(23(26)29-30)28-22(17-9-5-3-6-10-17)18-11-7-4-8-12-18/h3-16H,1-2H3/t16-/m0/s1. The number of nitrogens with zero attached hydrogens (tertiary/aromatic N) is 4. The quantitative estimate of drug-likeness (QED) is 0.397. The van der Waals surface area contributed by atoms with Crippen molar-refractivity contribution in [2.24, 2.45) is 4.99 Å². The lowest BCUT2D eigenvalue weighted by Gasteiger charge is -2.15. The van der Waals surface area contributed by atoms with Crippen LogP contribution < -0.4 is 4.74 Å². The SMILES string of the molecule is COc1ncc(F)cc1[C@H](C)n1cc(N=C(c2ccccc2)c2ccccc2)c(F)n1. The molecular weight excluding hydrogens is 398 g/mol. The van der Waals surface area contributed by atoms with E-state index in [-0.39, 0.29) is 11.6 Å². The van der Waals surface area contributed by atoms with Crippen LogP contribution in [0.4, 0.5) is 14.5 Å². The highest BCUT2D eigenvalue weighted by Gasteiger charge is 2.20. The third kappa shape index (κ3) is 4.35. The zero-order chi connectivity index (χ0) is 21.8. The van der Waals surface area contributed by atoms with Crippen molar-refractivity contribution in [2.45, 2.75) is 13.0 Å². The van der Waals surface area contributed by atoms with Crippen LogP contribution in [0.15, 0.2) is 84.1 Å². The normalized spacial score (nSPS) is 11.7.